The second-order valence-corrected chi connectivity index (χ2v) is 5.01. The molecule has 0 fully saturated rings. The lowest BCUT2D eigenvalue weighted by molar-refractivity contribution is 0.0776. The van der Waals surface area contributed by atoms with Gasteiger partial charge in [-0.3, -0.25) is 9.59 Å². The number of rotatable bonds is 4. The normalized spacial score (nSPS) is 10.4. The van der Waals surface area contributed by atoms with Crippen LogP contribution in [-0.2, 0) is 20.0 Å². The molecular weight excluding hydrogens is 266 g/mol. The summed E-state index contributed by atoms with van der Waals surface area (Å²) in [5.41, 5.74) is 2.37. The van der Waals surface area contributed by atoms with E-state index in [1.165, 1.54) is 24.7 Å². The van der Waals surface area contributed by atoms with E-state index in [4.69, 9.17) is 0 Å². The summed E-state index contributed by atoms with van der Waals surface area (Å²) in [6.45, 7) is 2.61. The number of carbonyl (C=O) groups excluding carboxylic acids is 1. The van der Waals surface area contributed by atoms with E-state index in [0.29, 0.717) is 6.54 Å². The summed E-state index contributed by atoms with van der Waals surface area (Å²) in [5.74, 6) is -0.204. The quantitative estimate of drug-likeness (QED) is 0.857. The van der Waals surface area contributed by atoms with Crippen molar-refractivity contribution in [3.63, 3.8) is 0 Å². The molecule has 2 rings (SSSR count). The summed E-state index contributed by atoms with van der Waals surface area (Å²) in [7, 11) is 3.26. The second-order valence-electron chi connectivity index (χ2n) is 5.01. The summed E-state index contributed by atoms with van der Waals surface area (Å²) in [6, 6.07) is 11.0. The standard InChI is InChI=1S/C16H19N3O2/c1-4-12-5-7-13(8-6-12)11-18(2)16(21)14-9-10-15(20)19(3)17-14/h5-10H,4,11H2,1-3H3. The molecular formula is C16H19N3O2. The Kier molecular flexibility index (Phi) is 4.52. The summed E-state index contributed by atoms with van der Waals surface area (Å²) in [4.78, 5) is 25.2. The first-order valence-electron chi connectivity index (χ1n) is 6.89. The van der Waals surface area contributed by atoms with Gasteiger partial charge < -0.3 is 4.90 Å². The molecule has 0 spiro atoms. The average Bonchev–Trinajstić information content (AvgIpc) is 2.50. The Morgan fingerprint density at radius 2 is 1.76 bits per heavy atom. The lowest BCUT2D eigenvalue weighted by atomic mass is 10.1. The predicted octanol–water partition coefficient (Wildman–Crippen LogP) is 1.61. The minimum absolute atomic E-state index is 0.204. The molecule has 21 heavy (non-hydrogen) atoms. The minimum atomic E-state index is -0.232. The molecule has 0 saturated carbocycles. The fraction of sp³-hybridized carbons (Fsp3) is 0.312. The van der Waals surface area contributed by atoms with Crippen LogP contribution in [0.3, 0.4) is 0 Å². The van der Waals surface area contributed by atoms with E-state index in [0.717, 1.165) is 16.7 Å². The maximum atomic E-state index is 12.3. The van der Waals surface area contributed by atoms with Crippen LogP contribution in [-0.4, -0.2) is 27.6 Å². The Morgan fingerprint density at radius 3 is 2.33 bits per heavy atom. The van der Waals surface area contributed by atoms with Crippen LogP contribution in [0.1, 0.15) is 28.5 Å². The Hall–Kier alpha value is -2.43. The van der Waals surface area contributed by atoms with Crippen molar-refractivity contribution < 1.29 is 4.79 Å². The first-order chi connectivity index (χ1) is 10.0. The Balaban J connectivity index is 2.11. The van der Waals surface area contributed by atoms with Gasteiger partial charge in [0.15, 0.2) is 0 Å². The molecule has 0 aliphatic rings. The van der Waals surface area contributed by atoms with E-state index in [-0.39, 0.29) is 17.2 Å². The van der Waals surface area contributed by atoms with Crippen LogP contribution in [0.25, 0.3) is 0 Å². The van der Waals surface area contributed by atoms with Crippen LogP contribution in [0.15, 0.2) is 41.2 Å². The predicted molar refractivity (Wildman–Crippen MR) is 81.1 cm³/mol. The fourth-order valence-corrected chi connectivity index (χ4v) is 2.04. The fourth-order valence-electron chi connectivity index (χ4n) is 2.04. The minimum Gasteiger partial charge on any atom is -0.336 e. The molecule has 0 aliphatic heterocycles. The third-order valence-electron chi connectivity index (χ3n) is 3.38. The van der Waals surface area contributed by atoms with Crippen molar-refractivity contribution >= 4 is 5.91 Å². The zero-order valence-electron chi connectivity index (χ0n) is 12.5. The van der Waals surface area contributed by atoms with Crippen molar-refractivity contribution in [1.29, 1.82) is 0 Å². The van der Waals surface area contributed by atoms with Crippen molar-refractivity contribution in [2.24, 2.45) is 7.05 Å². The highest BCUT2D eigenvalue weighted by atomic mass is 16.2. The van der Waals surface area contributed by atoms with Gasteiger partial charge in [0.2, 0.25) is 0 Å². The van der Waals surface area contributed by atoms with Gasteiger partial charge in [0, 0.05) is 26.7 Å². The lowest BCUT2D eigenvalue weighted by Gasteiger charge is -2.17. The molecule has 2 aromatic rings. The van der Waals surface area contributed by atoms with Crippen molar-refractivity contribution in [3.05, 3.63) is 63.6 Å². The molecule has 0 aliphatic carbocycles. The second kappa shape index (κ2) is 6.35. The monoisotopic (exact) mass is 285 g/mol. The Morgan fingerprint density at radius 1 is 1.14 bits per heavy atom. The van der Waals surface area contributed by atoms with Crippen LogP contribution >= 0.6 is 0 Å². The van der Waals surface area contributed by atoms with E-state index in [1.807, 2.05) is 12.1 Å². The number of carbonyl (C=O) groups is 1. The first-order valence-corrected chi connectivity index (χ1v) is 6.89. The van der Waals surface area contributed by atoms with Crippen molar-refractivity contribution in [1.82, 2.24) is 14.7 Å². The van der Waals surface area contributed by atoms with Gasteiger partial charge in [-0.25, -0.2) is 4.68 Å². The molecule has 1 aromatic carbocycles. The smallest absolute Gasteiger partial charge is 0.274 e. The van der Waals surface area contributed by atoms with Crippen LogP contribution in [0.5, 0.6) is 0 Å². The van der Waals surface area contributed by atoms with Gasteiger partial charge in [0.05, 0.1) is 0 Å². The number of hydrogen-bond acceptors (Lipinski definition) is 3. The van der Waals surface area contributed by atoms with Gasteiger partial charge in [0.1, 0.15) is 5.69 Å². The number of aromatic nitrogens is 2. The SMILES string of the molecule is CCc1ccc(CN(C)C(=O)c2ccc(=O)n(C)n2)cc1. The average molecular weight is 285 g/mol. The van der Waals surface area contributed by atoms with E-state index in [2.05, 4.69) is 24.2 Å². The molecule has 0 saturated heterocycles. The van der Waals surface area contributed by atoms with Gasteiger partial charge in [-0.15, -0.1) is 0 Å². The maximum Gasteiger partial charge on any atom is 0.274 e. The van der Waals surface area contributed by atoms with Crippen molar-refractivity contribution in [2.75, 3.05) is 7.05 Å². The highest BCUT2D eigenvalue weighted by Crippen LogP contribution is 2.09. The molecule has 110 valence electrons. The van der Waals surface area contributed by atoms with Gasteiger partial charge in [-0.05, 0) is 23.6 Å². The summed E-state index contributed by atoms with van der Waals surface area (Å²) >= 11 is 0. The number of hydrogen-bond donors (Lipinski definition) is 0. The highest BCUT2D eigenvalue weighted by molar-refractivity contribution is 5.91. The van der Waals surface area contributed by atoms with Crippen LogP contribution in [0.4, 0.5) is 0 Å². The molecule has 1 heterocycles. The Labute approximate surface area is 123 Å². The summed E-state index contributed by atoms with van der Waals surface area (Å²) in [6.07, 6.45) is 0.997. The van der Waals surface area contributed by atoms with Crippen LogP contribution in [0.2, 0.25) is 0 Å². The molecule has 0 bridgehead atoms. The largest absolute Gasteiger partial charge is 0.336 e. The molecule has 5 nitrogen and oxygen atoms in total. The van der Waals surface area contributed by atoms with E-state index >= 15 is 0 Å². The van der Waals surface area contributed by atoms with Gasteiger partial charge in [-0.1, -0.05) is 31.2 Å². The summed E-state index contributed by atoms with van der Waals surface area (Å²) < 4.78 is 1.16. The van der Waals surface area contributed by atoms with E-state index in [1.54, 1.807) is 11.9 Å². The van der Waals surface area contributed by atoms with Crippen LogP contribution < -0.4 is 5.56 Å². The molecule has 0 atom stereocenters. The zero-order chi connectivity index (χ0) is 15.4. The molecule has 0 unspecified atom stereocenters. The third-order valence-corrected chi connectivity index (χ3v) is 3.38. The molecule has 1 amide bonds. The number of amides is 1. The van der Waals surface area contributed by atoms with Gasteiger partial charge in [0.25, 0.3) is 11.5 Å². The third kappa shape index (κ3) is 3.56. The maximum absolute atomic E-state index is 12.3. The molecule has 0 N–H and O–H groups in total. The Bertz CT molecular complexity index is 689. The topological polar surface area (TPSA) is 55.2 Å². The van der Waals surface area contributed by atoms with Crippen LogP contribution in [0, 0.1) is 0 Å². The number of aryl methyl sites for hydroxylation is 2. The van der Waals surface area contributed by atoms with Crippen molar-refractivity contribution in [3.8, 4) is 0 Å². The van der Waals surface area contributed by atoms with Crippen molar-refractivity contribution in [2.45, 2.75) is 19.9 Å². The number of nitrogens with zero attached hydrogens (tertiary/aromatic N) is 3. The number of benzene rings is 1. The van der Waals surface area contributed by atoms with Gasteiger partial charge >= 0.3 is 0 Å². The van der Waals surface area contributed by atoms with E-state index in [9.17, 15) is 9.59 Å². The lowest BCUT2D eigenvalue weighted by Crippen LogP contribution is -2.30. The van der Waals surface area contributed by atoms with E-state index < -0.39 is 0 Å². The highest BCUT2D eigenvalue weighted by Gasteiger charge is 2.14. The molecule has 5 heteroatoms. The molecule has 1 aromatic heterocycles. The van der Waals surface area contributed by atoms with Gasteiger partial charge in [-0.2, -0.15) is 5.10 Å². The zero-order valence-corrected chi connectivity index (χ0v) is 12.5. The summed E-state index contributed by atoms with van der Waals surface area (Å²) in [5, 5.41) is 3.98. The first kappa shape index (κ1) is 15.0. The molecule has 0 radical (unpaired) electrons.